The highest BCUT2D eigenvalue weighted by molar-refractivity contribution is 5.15. The fourth-order valence-corrected chi connectivity index (χ4v) is 0.957. The number of aliphatic hydroxyl groups excluding tert-OH is 2. The molecule has 0 aliphatic heterocycles. The summed E-state index contributed by atoms with van der Waals surface area (Å²) in [5, 5.41) is 28.0. The van der Waals surface area contributed by atoms with Crippen molar-refractivity contribution in [1.82, 2.24) is 0 Å². The van der Waals surface area contributed by atoms with E-state index in [-0.39, 0.29) is 0 Å². The molecule has 0 aliphatic carbocycles. The van der Waals surface area contributed by atoms with Gasteiger partial charge in [0, 0.05) is 0 Å². The molecule has 0 amide bonds. The molecule has 0 aliphatic rings. The molecule has 2 atom stereocenters. The van der Waals surface area contributed by atoms with Crippen LogP contribution in [0, 0.1) is 0 Å². The Bertz CT molecular complexity index is 221. The zero-order chi connectivity index (χ0) is 11.4. The van der Waals surface area contributed by atoms with Gasteiger partial charge in [0.2, 0.25) is 0 Å². The number of rotatable bonds is 4. The summed E-state index contributed by atoms with van der Waals surface area (Å²) in [5.74, 6) is 0. The van der Waals surface area contributed by atoms with Gasteiger partial charge in [-0.25, -0.2) is 0 Å². The summed E-state index contributed by atoms with van der Waals surface area (Å²) in [7, 11) is 0. The van der Waals surface area contributed by atoms with Crippen LogP contribution in [0.1, 0.15) is 27.7 Å². The first kappa shape index (κ1) is 13.4. The highest BCUT2D eigenvalue weighted by atomic mass is 16.3. The summed E-state index contributed by atoms with van der Waals surface area (Å²) in [6, 6.07) is 0. The Morgan fingerprint density at radius 2 is 1.79 bits per heavy atom. The van der Waals surface area contributed by atoms with Crippen molar-refractivity contribution in [3.8, 4) is 0 Å². The van der Waals surface area contributed by atoms with Crippen LogP contribution >= 0.6 is 0 Å². The lowest BCUT2D eigenvalue weighted by Gasteiger charge is -2.13. The molecule has 3 N–H and O–H groups in total. The zero-order valence-corrected chi connectivity index (χ0v) is 9.23. The van der Waals surface area contributed by atoms with E-state index in [4.69, 9.17) is 5.11 Å². The Morgan fingerprint density at radius 3 is 2.14 bits per heavy atom. The molecule has 0 aromatic carbocycles. The van der Waals surface area contributed by atoms with Crippen LogP contribution in [-0.4, -0.2) is 33.1 Å². The molecule has 2 unspecified atom stereocenters. The maximum Gasteiger partial charge on any atom is 0.0931 e. The molecule has 0 bridgehead atoms. The van der Waals surface area contributed by atoms with E-state index in [0.29, 0.717) is 5.57 Å². The van der Waals surface area contributed by atoms with Crippen molar-refractivity contribution < 1.29 is 15.3 Å². The average molecular weight is 200 g/mol. The van der Waals surface area contributed by atoms with E-state index in [1.165, 1.54) is 12.2 Å². The molecule has 82 valence electrons. The second-order valence-electron chi connectivity index (χ2n) is 4.11. The molecular formula is C11H20O3. The van der Waals surface area contributed by atoms with Crippen LogP contribution in [0.3, 0.4) is 0 Å². The van der Waals surface area contributed by atoms with Crippen molar-refractivity contribution in [3.63, 3.8) is 0 Å². The summed E-state index contributed by atoms with van der Waals surface area (Å²) in [4.78, 5) is 0. The third-order valence-electron chi connectivity index (χ3n) is 1.66. The standard InChI is InChI=1S/C11H20O3/c1-8(7-9(2)12)10(13)5-6-11(3,4)14/h5-7,9-10,12-14H,1-4H3/b6-5+,8-7-. The summed E-state index contributed by atoms with van der Waals surface area (Å²) < 4.78 is 0. The van der Waals surface area contributed by atoms with E-state index in [9.17, 15) is 10.2 Å². The minimum atomic E-state index is -0.925. The molecule has 0 spiro atoms. The Morgan fingerprint density at radius 1 is 1.29 bits per heavy atom. The normalized spacial score (nSPS) is 18.6. The third-order valence-corrected chi connectivity index (χ3v) is 1.66. The Hall–Kier alpha value is -0.640. The summed E-state index contributed by atoms with van der Waals surface area (Å²) in [6.45, 7) is 6.61. The topological polar surface area (TPSA) is 60.7 Å². The van der Waals surface area contributed by atoms with E-state index < -0.39 is 17.8 Å². The van der Waals surface area contributed by atoms with Gasteiger partial charge in [-0.05, 0) is 33.3 Å². The Kier molecular flexibility index (Phi) is 5.05. The van der Waals surface area contributed by atoms with Crippen LogP contribution in [0.15, 0.2) is 23.8 Å². The smallest absolute Gasteiger partial charge is 0.0931 e. The van der Waals surface area contributed by atoms with E-state index >= 15 is 0 Å². The molecule has 0 rings (SSSR count). The van der Waals surface area contributed by atoms with Crippen LogP contribution in [0.25, 0.3) is 0 Å². The van der Waals surface area contributed by atoms with Crippen LogP contribution in [0.4, 0.5) is 0 Å². The first-order valence-corrected chi connectivity index (χ1v) is 4.68. The fourth-order valence-electron chi connectivity index (χ4n) is 0.957. The molecule has 0 saturated carbocycles. The number of hydrogen-bond donors (Lipinski definition) is 3. The number of hydrogen-bond acceptors (Lipinski definition) is 3. The van der Waals surface area contributed by atoms with E-state index in [1.807, 2.05) is 0 Å². The van der Waals surface area contributed by atoms with Gasteiger partial charge in [-0.15, -0.1) is 0 Å². The van der Waals surface area contributed by atoms with Gasteiger partial charge in [0.1, 0.15) is 0 Å². The zero-order valence-electron chi connectivity index (χ0n) is 9.23. The SMILES string of the molecule is C/C(=C/C(C)O)C(O)/C=C/C(C)(C)O. The molecule has 0 aromatic heterocycles. The highest BCUT2D eigenvalue weighted by Gasteiger charge is 2.09. The quantitative estimate of drug-likeness (QED) is 0.593. The minimum Gasteiger partial charge on any atom is -0.389 e. The van der Waals surface area contributed by atoms with Gasteiger partial charge in [0.25, 0.3) is 0 Å². The summed E-state index contributed by atoms with van der Waals surface area (Å²) >= 11 is 0. The monoisotopic (exact) mass is 200 g/mol. The lowest BCUT2D eigenvalue weighted by atomic mass is 10.1. The maximum absolute atomic E-state index is 9.55. The first-order chi connectivity index (χ1) is 6.22. The molecule has 0 saturated heterocycles. The van der Waals surface area contributed by atoms with Crippen molar-refractivity contribution in [2.45, 2.75) is 45.5 Å². The van der Waals surface area contributed by atoms with Gasteiger partial charge < -0.3 is 15.3 Å². The average Bonchev–Trinajstić information content (AvgIpc) is 1.97. The molecule has 3 heteroatoms. The summed E-state index contributed by atoms with van der Waals surface area (Å²) in [6.07, 6.45) is 3.28. The first-order valence-electron chi connectivity index (χ1n) is 4.68. The van der Waals surface area contributed by atoms with Gasteiger partial charge in [0.05, 0.1) is 17.8 Å². The lowest BCUT2D eigenvalue weighted by Crippen LogP contribution is -2.16. The van der Waals surface area contributed by atoms with Crippen molar-refractivity contribution in [1.29, 1.82) is 0 Å². The Labute approximate surface area is 85.4 Å². The third kappa shape index (κ3) is 6.83. The van der Waals surface area contributed by atoms with Gasteiger partial charge in [0.15, 0.2) is 0 Å². The second kappa shape index (κ2) is 5.29. The molecular weight excluding hydrogens is 180 g/mol. The minimum absolute atomic E-state index is 0.569. The molecule has 0 fully saturated rings. The van der Waals surface area contributed by atoms with E-state index in [0.717, 1.165) is 0 Å². The van der Waals surface area contributed by atoms with Crippen molar-refractivity contribution in [2.24, 2.45) is 0 Å². The van der Waals surface area contributed by atoms with Crippen LogP contribution in [-0.2, 0) is 0 Å². The Balaban J connectivity index is 4.35. The maximum atomic E-state index is 9.55. The van der Waals surface area contributed by atoms with Gasteiger partial charge >= 0.3 is 0 Å². The number of aliphatic hydroxyl groups is 3. The largest absolute Gasteiger partial charge is 0.389 e. The van der Waals surface area contributed by atoms with Crippen LogP contribution in [0.2, 0.25) is 0 Å². The lowest BCUT2D eigenvalue weighted by molar-refractivity contribution is 0.131. The van der Waals surface area contributed by atoms with E-state index in [2.05, 4.69) is 0 Å². The molecule has 0 radical (unpaired) electrons. The molecule has 0 aromatic rings. The predicted octanol–water partition coefficient (Wildman–Crippen LogP) is 1.00. The second-order valence-corrected chi connectivity index (χ2v) is 4.11. The molecule has 14 heavy (non-hydrogen) atoms. The predicted molar refractivity (Wildman–Crippen MR) is 56.9 cm³/mol. The van der Waals surface area contributed by atoms with Gasteiger partial charge in [-0.3, -0.25) is 0 Å². The summed E-state index contributed by atoms with van der Waals surface area (Å²) in [5.41, 5.74) is -0.257. The van der Waals surface area contributed by atoms with Crippen molar-refractivity contribution >= 4 is 0 Å². The molecule has 0 heterocycles. The van der Waals surface area contributed by atoms with E-state index in [1.54, 1.807) is 33.8 Å². The van der Waals surface area contributed by atoms with Gasteiger partial charge in [-0.2, -0.15) is 0 Å². The fraction of sp³-hybridized carbons (Fsp3) is 0.636. The van der Waals surface area contributed by atoms with Crippen LogP contribution in [0.5, 0.6) is 0 Å². The molecule has 3 nitrogen and oxygen atoms in total. The highest BCUT2D eigenvalue weighted by Crippen LogP contribution is 2.08. The van der Waals surface area contributed by atoms with Crippen molar-refractivity contribution in [3.05, 3.63) is 23.8 Å². The van der Waals surface area contributed by atoms with Crippen molar-refractivity contribution in [2.75, 3.05) is 0 Å². The van der Waals surface area contributed by atoms with Crippen LogP contribution < -0.4 is 0 Å². The van der Waals surface area contributed by atoms with Gasteiger partial charge in [-0.1, -0.05) is 18.2 Å².